The predicted molar refractivity (Wildman–Crippen MR) is 120 cm³/mol. The molecule has 1 aromatic heterocycles. The van der Waals surface area contributed by atoms with E-state index in [-0.39, 0.29) is 40.0 Å². The van der Waals surface area contributed by atoms with Gasteiger partial charge in [-0.2, -0.15) is 15.5 Å². The molecule has 0 saturated heterocycles. The number of aromatic nitrogens is 2. The smallest absolute Gasteiger partial charge is 0.414 e. The minimum atomic E-state index is -2.99. The Hall–Kier alpha value is -3.42. The van der Waals surface area contributed by atoms with Crippen molar-refractivity contribution < 1.29 is 22.6 Å². The second-order valence-electron chi connectivity index (χ2n) is 6.03. The van der Waals surface area contributed by atoms with Crippen molar-refractivity contribution in [2.45, 2.75) is 33.0 Å². The highest BCUT2D eigenvalue weighted by molar-refractivity contribution is 6.47. The second-order valence-corrected chi connectivity index (χ2v) is 6.84. The number of hydrazone groups is 1. The van der Waals surface area contributed by atoms with Gasteiger partial charge in [0.2, 0.25) is 5.71 Å². The number of halogens is 2. The third-order valence-electron chi connectivity index (χ3n) is 3.80. The zero-order valence-corrected chi connectivity index (χ0v) is 18.0. The largest absolute Gasteiger partial charge is 0.450 e. The lowest BCUT2D eigenvalue weighted by Crippen LogP contribution is -2.36. The third kappa shape index (κ3) is 6.54. The molecular weight excluding hydrogens is 459 g/mol. The van der Waals surface area contributed by atoms with Crippen LogP contribution in [-0.2, 0) is 16.0 Å². The molecule has 10 nitrogen and oxygen atoms in total. The molecule has 0 aliphatic carbocycles. The second kappa shape index (κ2) is 11.3. The maximum Gasteiger partial charge on any atom is 0.414 e. The number of aromatic amines is 1. The van der Waals surface area contributed by atoms with Crippen molar-refractivity contribution in [1.29, 1.82) is 5.26 Å². The van der Waals surface area contributed by atoms with E-state index in [0.717, 1.165) is 6.07 Å². The highest BCUT2D eigenvalue weighted by Gasteiger charge is 2.16. The van der Waals surface area contributed by atoms with Gasteiger partial charge < -0.3 is 4.74 Å². The van der Waals surface area contributed by atoms with E-state index in [2.05, 4.69) is 25.5 Å². The molecule has 2 aromatic rings. The number of H-pyrrole nitrogens is 1. The van der Waals surface area contributed by atoms with E-state index < -0.39 is 48.5 Å². The highest BCUT2D eigenvalue weighted by atomic mass is 35.5. The molecule has 12 heteroatoms. The summed E-state index contributed by atoms with van der Waals surface area (Å²) in [5, 5.41) is 20.6. The summed E-state index contributed by atoms with van der Waals surface area (Å²) in [5.41, 5.74) is 0.799. The van der Waals surface area contributed by atoms with E-state index in [9.17, 15) is 14.4 Å². The number of nitrogens with one attached hydrogen (secondary N) is 3. The summed E-state index contributed by atoms with van der Waals surface area (Å²) in [7, 11) is 0. The lowest BCUT2D eigenvalue weighted by molar-refractivity contribution is -0.114. The SMILES string of the molecule is [2H]C([2H])([2H])C(c1cc(Cc2c(Cl)cc(N/N=C(\C#N)C(=O)NC(=O)OCC)cc2Cl)n[nH]c1=O)C([2H])([2H])[2H]. The number of hydrogen-bond donors (Lipinski definition) is 3. The van der Waals surface area contributed by atoms with Crippen LogP contribution < -0.4 is 16.3 Å². The molecule has 0 aliphatic rings. The van der Waals surface area contributed by atoms with Gasteiger partial charge in [0.15, 0.2) is 0 Å². The number of nitriles is 1. The Balaban J connectivity index is 2.33. The van der Waals surface area contributed by atoms with Crippen LogP contribution >= 0.6 is 23.2 Å². The van der Waals surface area contributed by atoms with Crippen LogP contribution in [0.2, 0.25) is 10.0 Å². The highest BCUT2D eigenvalue weighted by Crippen LogP contribution is 2.31. The molecule has 2 amide bonds. The van der Waals surface area contributed by atoms with Gasteiger partial charge in [-0.3, -0.25) is 20.3 Å². The standard InChI is InChI=1S/C20H20Cl2N6O4/c1-4-32-20(31)24-19(30)17(9-23)27-25-12-7-15(21)14(16(22)8-12)6-11-5-13(10(2)3)18(29)28-26-11/h5,7-8,10,25H,4,6H2,1-3H3,(H,28,29)(H,24,30,31)/b27-17+/i2D3,3D3. The lowest BCUT2D eigenvalue weighted by Gasteiger charge is -2.11. The van der Waals surface area contributed by atoms with Gasteiger partial charge in [0.05, 0.1) is 18.0 Å². The fourth-order valence-electron chi connectivity index (χ4n) is 2.35. The Kier molecular flexibility index (Phi) is 6.05. The van der Waals surface area contributed by atoms with E-state index in [4.69, 9.17) is 36.7 Å². The zero-order chi connectivity index (χ0) is 28.8. The molecular formula is C20H20Cl2N6O4. The van der Waals surface area contributed by atoms with Crippen LogP contribution in [0.1, 0.15) is 51.6 Å². The van der Waals surface area contributed by atoms with Crippen molar-refractivity contribution >= 4 is 46.6 Å². The molecule has 0 fully saturated rings. The van der Waals surface area contributed by atoms with Crippen LogP contribution in [0.15, 0.2) is 28.1 Å². The van der Waals surface area contributed by atoms with Crippen LogP contribution in [0, 0.1) is 11.3 Å². The van der Waals surface area contributed by atoms with Crippen LogP contribution in [0.4, 0.5) is 10.5 Å². The van der Waals surface area contributed by atoms with Crippen LogP contribution in [0.5, 0.6) is 0 Å². The first-order chi connectivity index (χ1) is 17.6. The Bertz CT molecular complexity index is 1320. The Morgan fingerprint density at radius 1 is 1.34 bits per heavy atom. The number of nitrogens with zero attached hydrogens (tertiary/aromatic N) is 3. The van der Waals surface area contributed by atoms with Gasteiger partial charge in [-0.25, -0.2) is 9.89 Å². The summed E-state index contributed by atoms with van der Waals surface area (Å²) in [6.07, 6.45) is -1.18. The van der Waals surface area contributed by atoms with Crippen molar-refractivity contribution in [3.63, 3.8) is 0 Å². The number of anilines is 1. The quantitative estimate of drug-likeness (QED) is 0.402. The molecule has 168 valence electrons. The molecule has 0 spiro atoms. The van der Waals surface area contributed by atoms with E-state index in [1.54, 1.807) is 0 Å². The van der Waals surface area contributed by atoms with Crippen LogP contribution in [0.25, 0.3) is 0 Å². The summed E-state index contributed by atoms with van der Waals surface area (Å²) in [6, 6.07) is 5.27. The van der Waals surface area contributed by atoms with Gasteiger partial charge in [0.1, 0.15) is 6.07 Å². The predicted octanol–water partition coefficient (Wildman–Crippen LogP) is 3.36. The normalized spacial score (nSPS) is 14.7. The fourth-order valence-corrected chi connectivity index (χ4v) is 2.97. The molecule has 32 heavy (non-hydrogen) atoms. The zero-order valence-electron chi connectivity index (χ0n) is 22.5. The van der Waals surface area contributed by atoms with Gasteiger partial charge in [-0.15, -0.1) is 0 Å². The summed E-state index contributed by atoms with van der Waals surface area (Å²) < 4.78 is 50.1. The van der Waals surface area contributed by atoms with Crippen molar-refractivity contribution in [3.05, 3.63) is 55.4 Å². The first-order valence-electron chi connectivity index (χ1n) is 11.9. The Labute approximate surface area is 202 Å². The molecule has 0 bridgehead atoms. The molecule has 3 N–H and O–H groups in total. The molecule has 0 radical (unpaired) electrons. The fraction of sp³-hybridized carbons (Fsp3) is 0.300. The van der Waals surface area contributed by atoms with Gasteiger partial charge >= 0.3 is 6.09 Å². The van der Waals surface area contributed by atoms with Crippen molar-refractivity contribution in [1.82, 2.24) is 15.5 Å². The first-order valence-corrected chi connectivity index (χ1v) is 9.62. The van der Waals surface area contributed by atoms with E-state index in [0.29, 0.717) is 0 Å². The van der Waals surface area contributed by atoms with E-state index in [1.807, 2.05) is 5.32 Å². The third-order valence-corrected chi connectivity index (χ3v) is 4.48. The number of imide groups is 1. The summed E-state index contributed by atoms with van der Waals surface area (Å²) in [4.78, 5) is 35.5. The number of rotatable bonds is 7. The number of amides is 2. The molecule has 0 saturated carbocycles. The van der Waals surface area contributed by atoms with Crippen LogP contribution in [-0.4, -0.2) is 34.5 Å². The number of hydrogen-bond acceptors (Lipinski definition) is 8. The maximum absolute atomic E-state index is 12.3. The van der Waals surface area contributed by atoms with Gasteiger partial charge in [-0.1, -0.05) is 36.9 Å². The summed E-state index contributed by atoms with van der Waals surface area (Å²) in [6.45, 7) is -4.45. The monoisotopic (exact) mass is 484 g/mol. The van der Waals surface area contributed by atoms with Gasteiger partial charge in [0.25, 0.3) is 11.5 Å². The Morgan fingerprint density at radius 2 is 2.03 bits per heavy atom. The van der Waals surface area contributed by atoms with Crippen molar-refractivity contribution in [2.75, 3.05) is 12.0 Å². The number of benzene rings is 1. The maximum atomic E-state index is 12.3. The topological polar surface area (TPSA) is 149 Å². The molecule has 0 unspecified atom stereocenters. The molecule has 0 atom stereocenters. The summed E-state index contributed by atoms with van der Waals surface area (Å²) >= 11 is 12.6. The van der Waals surface area contributed by atoms with Crippen molar-refractivity contribution in [2.24, 2.45) is 5.10 Å². The average molecular weight is 485 g/mol. The number of ether oxygens (including phenoxy) is 1. The van der Waals surface area contributed by atoms with Gasteiger partial charge in [-0.05, 0) is 36.6 Å². The molecule has 0 aliphatic heterocycles. The number of carbonyl (C=O) groups is 2. The number of carbonyl (C=O) groups excluding carboxylic acids is 2. The summed E-state index contributed by atoms with van der Waals surface area (Å²) in [5.74, 6) is -3.16. The molecule has 1 heterocycles. The average Bonchev–Trinajstić information content (AvgIpc) is 2.77. The van der Waals surface area contributed by atoms with Crippen LogP contribution in [0.3, 0.4) is 0 Å². The van der Waals surface area contributed by atoms with E-state index >= 15 is 0 Å². The lowest BCUT2D eigenvalue weighted by atomic mass is 10.0. The minimum absolute atomic E-state index is 0.00906. The first kappa shape index (κ1) is 17.2. The minimum Gasteiger partial charge on any atom is -0.450 e. The Morgan fingerprint density at radius 3 is 2.62 bits per heavy atom. The molecule has 2 rings (SSSR count). The molecule has 1 aromatic carbocycles. The van der Waals surface area contributed by atoms with E-state index in [1.165, 1.54) is 25.1 Å². The van der Waals surface area contributed by atoms with Crippen molar-refractivity contribution in [3.8, 4) is 6.07 Å². The number of alkyl carbamates (subject to hydrolysis) is 1. The van der Waals surface area contributed by atoms with Gasteiger partial charge in [0, 0.05) is 30.3 Å².